The topological polar surface area (TPSA) is 65.5 Å². The number of rotatable bonds is 3. The SMILES string of the molecule is Cc1nc(C(=O)N2CC(N3CCN(c4ncccn4)CC3)C2)cs1. The van der Waals surface area contributed by atoms with Gasteiger partial charge in [-0.3, -0.25) is 9.69 Å². The van der Waals surface area contributed by atoms with Crippen molar-refractivity contribution in [2.75, 3.05) is 44.2 Å². The summed E-state index contributed by atoms with van der Waals surface area (Å²) in [6, 6.07) is 2.30. The predicted molar refractivity (Wildman–Crippen MR) is 92.4 cm³/mol. The van der Waals surface area contributed by atoms with E-state index in [2.05, 4.69) is 24.8 Å². The van der Waals surface area contributed by atoms with Crippen molar-refractivity contribution >= 4 is 23.2 Å². The van der Waals surface area contributed by atoms with Gasteiger partial charge in [0.25, 0.3) is 5.91 Å². The quantitative estimate of drug-likeness (QED) is 0.824. The molecule has 0 radical (unpaired) electrons. The van der Waals surface area contributed by atoms with Crippen LogP contribution in [-0.4, -0.2) is 76.0 Å². The maximum atomic E-state index is 12.3. The molecule has 8 heteroatoms. The van der Waals surface area contributed by atoms with E-state index in [1.54, 1.807) is 12.4 Å². The average molecular weight is 344 g/mol. The van der Waals surface area contributed by atoms with Crippen molar-refractivity contribution in [3.8, 4) is 0 Å². The van der Waals surface area contributed by atoms with Gasteiger partial charge in [-0.25, -0.2) is 15.0 Å². The fourth-order valence-electron chi connectivity index (χ4n) is 3.22. The summed E-state index contributed by atoms with van der Waals surface area (Å²) in [4.78, 5) is 31.8. The summed E-state index contributed by atoms with van der Waals surface area (Å²) in [5.74, 6) is 0.869. The monoisotopic (exact) mass is 344 g/mol. The summed E-state index contributed by atoms with van der Waals surface area (Å²) in [5.41, 5.74) is 0.585. The molecule has 0 bridgehead atoms. The Morgan fingerprint density at radius 3 is 2.50 bits per heavy atom. The first kappa shape index (κ1) is 15.5. The van der Waals surface area contributed by atoms with Crippen molar-refractivity contribution in [3.05, 3.63) is 34.5 Å². The van der Waals surface area contributed by atoms with Gasteiger partial charge in [-0.2, -0.15) is 0 Å². The van der Waals surface area contributed by atoms with Crippen molar-refractivity contribution in [1.29, 1.82) is 0 Å². The Kier molecular flexibility index (Phi) is 4.15. The number of carbonyl (C=O) groups excluding carboxylic acids is 1. The maximum Gasteiger partial charge on any atom is 0.273 e. The number of anilines is 1. The van der Waals surface area contributed by atoms with Crippen LogP contribution in [0.2, 0.25) is 0 Å². The van der Waals surface area contributed by atoms with Crippen LogP contribution in [0.4, 0.5) is 5.95 Å². The Hall–Kier alpha value is -2.06. The van der Waals surface area contributed by atoms with E-state index in [0.717, 1.165) is 50.2 Å². The third-order valence-electron chi connectivity index (χ3n) is 4.65. The van der Waals surface area contributed by atoms with E-state index in [4.69, 9.17) is 0 Å². The number of hydrogen-bond acceptors (Lipinski definition) is 7. The lowest BCUT2D eigenvalue weighted by molar-refractivity contribution is 0.0242. The summed E-state index contributed by atoms with van der Waals surface area (Å²) in [6.07, 6.45) is 3.56. The molecule has 0 aromatic carbocycles. The van der Waals surface area contributed by atoms with E-state index in [1.165, 1.54) is 11.3 Å². The summed E-state index contributed by atoms with van der Waals surface area (Å²) in [6.45, 7) is 7.37. The standard InChI is InChI=1S/C16H20N6OS/c1-12-19-14(11-24-12)15(23)22-9-13(10-22)20-5-7-21(8-6-20)16-17-3-2-4-18-16/h2-4,11,13H,5-10H2,1H3. The first-order valence-electron chi connectivity index (χ1n) is 8.18. The number of carbonyl (C=O) groups is 1. The van der Waals surface area contributed by atoms with E-state index >= 15 is 0 Å². The average Bonchev–Trinajstić information content (AvgIpc) is 3.01. The highest BCUT2D eigenvalue weighted by molar-refractivity contribution is 7.09. The molecule has 0 aliphatic carbocycles. The largest absolute Gasteiger partial charge is 0.338 e. The molecule has 0 atom stereocenters. The molecule has 24 heavy (non-hydrogen) atoms. The van der Waals surface area contributed by atoms with Crippen LogP contribution in [0.3, 0.4) is 0 Å². The lowest BCUT2D eigenvalue weighted by Gasteiger charge is -2.47. The number of nitrogens with zero attached hydrogens (tertiary/aromatic N) is 6. The molecule has 0 N–H and O–H groups in total. The van der Waals surface area contributed by atoms with Gasteiger partial charge in [0, 0.05) is 63.1 Å². The third-order valence-corrected chi connectivity index (χ3v) is 5.43. The maximum absolute atomic E-state index is 12.3. The van der Waals surface area contributed by atoms with Gasteiger partial charge in [0.05, 0.1) is 5.01 Å². The number of piperazine rings is 1. The van der Waals surface area contributed by atoms with Crippen LogP contribution in [-0.2, 0) is 0 Å². The van der Waals surface area contributed by atoms with Gasteiger partial charge in [0.2, 0.25) is 5.95 Å². The molecule has 2 saturated heterocycles. The van der Waals surface area contributed by atoms with Crippen LogP contribution in [0.25, 0.3) is 0 Å². The molecule has 4 rings (SSSR count). The summed E-state index contributed by atoms with van der Waals surface area (Å²) in [7, 11) is 0. The van der Waals surface area contributed by atoms with Crippen LogP contribution in [0.1, 0.15) is 15.5 Å². The Bertz CT molecular complexity index is 706. The molecule has 0 saturated carbocycles. The lowest BCUT2D eigenvalue weighted by atomic mass is 10.1. The first-order chi connectivity index (χ1) is 11.7. The molecule has 7 nitrogen and oxygen atoms in total. The van der Waals surface area contributed by atoms with Crippen molar-refractivity contribution in [2.45, 2.75) is 13.0 Å². The van der Waals surface area contributed by atoms with Crippen molar-refractivity contribution in [2.24, 2.45) is 0 Å². The minimum absolute atomic E-state index is 0.0620. The molecule has 2 fully saturated rings. The van der Waals surface area contributed by atoms with Gasteiger partial charge in [-0.1, -0.05) is 0 Å². The molecule has 2 aliphatic heterocycles. The zero-order chi connectivity index (χ0) is 16.5. The van der Waals surface area contributed by atoms with Gasteiger partial charge in [-0.15, -0.1) is 11.3 Å². The molecule has 2 aromatic rings. The summed E-state index contributed by atoms with van der Waals surface area (Å²) < 4.78 is 0. The van der Waals surface area contributed by atoms with Crippen molar-refractivity contribution in [1.82, 2.24) is 24.8 Å². The molecule has 4 heterocycles. The zero-order valence-corrected chi connectivity index (χ0v) is 14.4. The molecule has 0 spiro atoms. The van der Waals surface area contributed by atoms with Crippen LogP contribution in [0, 0.1) is 6.92 Å². The van der Waals surface area contributed by atoms with E-state index < -0.39 is 0 Å². The zero-order valence-electron chi connectivity index (χ0n) is 13.6. The lowest BCUT2D eigenvalue weighted by Crippen LogP contribution is -2.64. The molecular formula is C16H20N6OS. The number of amides is 1. The van der Waals surface area contributed by atoms with Gasteiger partial charge in [0.1, 0.15) is 5.69 Å². The summed E-state index contributed by atoms with van der Waals surface area (Å²) in [5, 5.41) is 2.79. The minimum atomic E-state index is 0.0620. The molecule has 126 valence electrons. The highest BCUT2D eigenvalue weighted by Crippen LogP contribution is 2.21. The first-order valence-corrected chi connectivity index (χ1v) is 9.06. The number of likely N-dealkylation sites (tertiary alicyclic amines) is 1. The Morgan fingerprint density at radius 2 is 1.88 bits per heavy atom. The number of hydrogen-bond donors (Lipinski definition) is 0. The van der Waals surface area contributed by atoms with E-state index in [9.17, 15) is 4.79 Å². The van der Waals surface area contributed by atoms with Gasteiger partial charge < -0.3 is 9.80 Å². The second-order valence-corrected chi connectivity index (χ2v) is 7.25. The minimum Gasteiger partial charge on any atom is -0.338 e. The molecule has 2 aliphatic rings. The smallest absolute Gasteiger partial charge is 0.273 e. The van der Waals surface area contributed by atoms with Crippen molar-refractivity contribution in [3.63, 3.8) is 0 Å². The van der Waals surface area contributed by atoms with Crippen molar-refractivity contribution < 1.29 is 4.79 Å². The van der Waals surface area contributed by atoms with E-state index in [0.29, 0.717) is 11.7 Å². The second-order valence-electron chi connectivity index (χ2n) is 6.19. The van der Waals surface area contributed by atoms with Crippen LogP contribution in [0.5, 0.6) is 0 Å². The normalized spacial score (nSPS) is 19.4. The highest BCUT2D eigenvalue weighted by atomic mass is 32.1. The Labute approximate surface area is 145 Å². The van der Waals surface area contributed by atoms with E-state index in [-0.39, 0.29) is 5.91 Å². The highest BCUT2D eigenvalue weighted by Gasteiger charge is 2.37. The fraction of sp³-hybridized carbons (Fsp3) is 0.500. The van der Waals surface area contributed by atoms with Crippen LogP contribution in [0.15, 0.2) is 23.8 Å². The van der Waals surface area contributed by atoms with Gasteiger partial charge >= 0.3 is 0 Å². The summed E-state index contributed by atoms with van der Waals surface area (Å²) >= 11 is 1.53. The molecule has 1 amide bonds. The second kappa shape index (κ2) is 6.45. The van der Waals surface area contributed by atoms with Crippen LogP contribution >= 0.6 is 11.3 Å². The number of thiazole rings is 1. The third kappa shape index (κ3) is 2.99. The fourth-order valence-corrected chi connectivity index (χ4v) is 3.80. The molecule has 2 aromatic heterocycles. The number of aromatic nitrogens is 3. The molecular weight excluding hydrogens is 324 g/mol. The number of aryl methyl sites for hydroxylation is 1. The predicted octanol–water partition coefficient (Wildman–Crippen LogP) is 0.888. The Morgan fingerprint density at radius 1 is 1.17 bits per heavy atom. The van der Waals surface area contributed by atoms with Crippen LogP contribution < -0.4 is 4.90 Å². The Balaban J connectivity index is 1.27. The van der Waals surface area contributed by atoms with Gasteiger partial charge in [0.15, 0.2) is 0 Å². The van der Waals surface area contributed by atoms with Gasteiger partial charge in [-0.05, 0) is 13.0 Å². The van der Waals surface area contributed by atoms with E-state index in [1.807, 2.05) is 23.3 Å². The molecule has 0 unspecified atom stereocenters.